The fourth-order valence-electron chi connectivity index (χ4n) is 3.46. The van der Waals surface area contributed by atoms with Crippen molar-refractivity contribution in [3.8, 4) is 17.1 Å². The van der Waals surface area contributed by atoms with E-state index in [2.05, 4.69) is 25.0 Å². The van der Waals surface area contributed by atoms with Crippen LogP contribution in [0.2, 0.25) is 0 Å². The van der Waals surface area contributed by atoms with Gasteiger partial charge in [0.05, 0.1) is 30.9 Å². The van der Waals surface area contributed by atoms with Gasteiger partial charge in [0.2, 0.25) is 0 Å². The summed E-state index contributed by atoms with van der Waals surface area (Å²) in [7, 11) is 2.78. The Bertz CT molecular complexity index is 1330. The third kappa shape index (κ3) is 4.25. The number of fused-ring (bicyclic) bond motifs is 1. The Balaban J connectivity index is 1.80. The van der Waals surface area contributed by atoms with Crippen molar-refractivity contribution in [1.29, 1.82) is 0 Å². The minimum atomic E-state index is -0.947. The highest BCUT2D eigenvalue weighted by Crippen LogP contribution is 2.32. The van der Waals surface area contributed by atoms with E-state index in [9.17, 15) is 9.59 Å². The number of carbonyl (C=O) groups excluding carboxylic acids is 2. The molecule has 4 rings (SSSR count). The number of H-pyrrole nitrogens is 1. The number of carbonyl (C=O) groups is 2. The SMILES string of the molecule is COC(=O)C(=O)c1c[nH]c2nccc(Nc3nc(-c4ccc(OC)cc4)ncc3C(C)C)c12. The lowest BCUT2D eigenvalue weighted by atomic mass is 10.0. The first-order valence-electron chi connectivity index (χ1n) is 10.3. The zero-order valence-electron chi connectivity index (χ0n) is 18.7. The number of Topliss-reactive ketones (excluding diaryl/α,β-unsaturated/α-hetero) is 1. The zero-order chi connectivity index (χ0) is 23.5. The molecule has 0 unspecified atom stereocenters. The Kier molecular flexibility index (Phi) is 6.03. The van der Waals surface area contributed by atoms with Crippen LogP contribution in [-0.2, 0) is 9.53 Å². The normalized spacial score (nSPS) is 10.9. The predicted molar refractivity (Wildman–Crippen MR) is 124 cm³/mol. The van der Waals surface area contributed by atoms with E-state index in [0.717, 1.165) is 16.9 Å². The van der Waals surface area contributed by atoms with Crippen molar-refractivity contribution in [3.63, 3.8) is 0 Å². The van der Waals surface area contributed by atoms with Crippen LogP contribution in [0.4, 0.5) is 11.5 Å². The summed E-state index contributed by atoms with van der Waals surface area (Å²) >= 11 is 0. The number of benzene rings is 1. The number of aromatic amines is 1. The second-order valence-corrected chi connectivity index (χ2v) is 7.61. The number of anilines is 2. The van der Waals surface area contributed by atoms with Crippen LogP contribution in [0.25, 0.3) is 22.4 Å². The van der Waals surface area contributed by atoms with E-state index < -0.39 is 11.8 Å². The van der Waals surface area contributed by atoms with Crippen LogP contribution >= 0.6 is 0 Å². The number of methoxy groups -OCH3 is 2. The van der Waals surface area contributed by atoms with Gasteiger partial charge in [0, 0.05) is 29.7 Å². The number of nitrogens with one attached hydrogen (secondary N) is 2. The van der Waals surface area contributed by atoms with Crippen LogP contribution < -0.4 is 10.1 Å². The molecule has 0 aliphatic carbocycles. The Morgan fingerprint density at radius 1 is 1.06 bits per heavy atom. The molecule has 0 aliphatic rings. The number of rotatable bonds is 7. The molecule has 0 spiro atoms. The second kappa shape index (κ2) is 9.07. The highest BCUT2D eigenvalue weighted by atomic mass is 16.5. The van der Waals surface area contributed by atoms with Crippen molar-refractivity contribution >= 4 is 34.3 Å². The average Bonchev–Trinajstić information content (AvgIpc) is 3.28. The van der Waals surface area contributed by atoms with E-state index in [1.807, 2.05) is 38.1 Å². The van der Waals surface area contributed by atoms with Crippen molar-refractivity contribution in [1.82, 2.24) is 19.9 Å². The van der Waals surface area contributed by atoms with Crippen LogP contribution in [0.3, 0.4) is 0 Å². The molecule has 0 radical (unpaired) electrons. The van der Waals surface area contributed by atoms with Gasteiger partial charge >= 0.3 is 5.97 Å². The number of hydrogen-bond donors (Lipinski definition) is 2. The first-order valence-corrected chi connectivity index (χ1v) is 10.3. The molecule has 1 aromatic carbocycles. The van der Waals surface area contributed by atoms with E-state index in [1.165, 1.54) is 13.3 Å². The molecule has 2 N–H and O–H groups in total. The molecule has 33 heavy (non-hydrogen) atoms. The minimum absolute atomic E-state index is 0.136. The maximum Gasteiger partial charge on any atom is 0.379 e. The largest absolute Gasteiger partial charge is 0.497 e. The third-order valence-corrected chi connectivity index (χ3v) is 5.23. The minimum Gasteiger partial charge on any atom is -0.497 e. The highest BCUT2D eigenvalue weighted by Gasteiger charge is 2.23. The maximum atomic E-state index is 12.5. The van der Waals surface area contributed by atoms with Gasteiger partial charge < -0.3 is 19.8 Å². The number of ketones is 1. The summed E-state index contributed by atoms with van der Waals surface area (Å²) in [5.74, 6) is 0.302. The van der Waals surface area contributed by atoms with Gasteiger partial charge in [-0.25, -0.2) is 19.7 Å². The van der Waals surface area contributed by atoms with Crippen LogP contribution in [0.5, 0.6) is 5.75 Å². The van der Waals surface area contributed by atoms with E-state index >= 15 is 0 Å². The standard InChI is InChI=1S/C24H23N5O4/c1-13(2)16-11-26-21(14-5-7-15(32-3)8-6-14)29-22(16)28-18-9-10-25-23-19(18)17(12-27-23)20(30)24(31)33-4/h5-13H,1-4H3,(H2,25,26,27,28,29). The Morgan fingerprint density at radius 3 is 2.48 bits per heavy atom. The lowest BCUT2D eigenvalue weighted by molar-refractivity contribution is -0.135. The topological polar surface area (TPSA) is 119 Å². The van der Waals surface area contributed by atoms with Gasteiger partial charge in [0.15, 0.2) is 5.82 Å². The van der Waals surface area contributed by atoms with Crippen LogP contribution in [0, 0.1) is 0 Å². The summed E-state index contributed by atoms with van der Waals surface area (Å²) in [6, 6.07) is 9.19. The van der Waals surface area contributed by atoms with Gasteiger partial charge in [-0.15, -0.1) is 0 Å². The van der Waals surface area contributed by atoms with Gasteiger partial charge in [-0.3, -0.25) is 4.79 Å². The van der Waals surface area contributed by atoms with Crippen LogP contribution in [-0.4, -0.2) is 45.9 Å². The van der Waals surface area contributed by atoms with Crippen molar-refractivity contribution in [2.45, 2.75) is 19.8 Å². The molecule has 0 saturated carbocycles. The summed E-state index contributed by atoms with van der Waals surface area (Å²) in [5, 5.41) is 3.81. The molecule has 3 aromatic heterocycles. The number of aromatic nitrogens is 4. The van der Waals surface area contributed by atoms with E-state index in [1.54, 1.807) is 25.6 Å². The van der Waals surface area contributed by atoms with Crippen molar-refractivity contribution in [2.75, 3.05) is 19.5 Å². The zero-order valence-corrected chi connectivity index (χ0v) is 18.7. The molecular weight excluding hydrogens is 422 g/mol. The summed E-state index contributed by atoms with van der Waals surface area (Å²) in [6.07, 6.45) is 4.85. The molecule has 0 fully saturated rings. The Hall–Kier alpha value is -4.27. The number of hydrogen-bond acceptors (Lipinski definition) is 8. The first kappa shape index (κ1) is 21.9. The van der Waals surface area contributed by atoms with Gasteiger partial charge in [-0.05, 0) is 36.2 Å². The fourth-order valence-corrected chi connectivity index (χ4v) is 3.46. The maximum absolute atomic E-state index is 12.5. The third-order valence-electron chi connectivity index (χ3n) is 5.23. The van der Waals surface area contributed by atoms with Gasteiger partial charge in [-0.1, -0.05) is 13.8 Å². The number of esters is 1. The van der Waals surface area contributed by atoms with Crippen LogP contribution in [0.1, 0.15) is 35.7 Å². The molecule has 0 amide bonds. The molecule has 168 valence electrons. The molecule has 3 heterocycles. The Labute approximate surface area is 190 Å². The van der Waals surface area contributed by atoms with Gasteiger partial charge in [0.1, 0.15) is 17.2 Å². The van der Waals surface area contributed by atoms with E-state index in [0.29, 0.717) is 28.4 Å². The molecule has 0 aliphatic heterocycles. The van der Waals surface area contributed by atoms with Crippen LogP contribution in [0.15, 0.2) is 48.9 Å². The lowest BCUT2D eigenvalue weighted by Gasteiger charge is -2.15. The number of pyridine rings is 1. The average molecular weight is 445 g/mol. The number of ether oxygens (including phenoxy) is 2. The van der Waals surface area contributed by atoms with Crippen molar-refractivity contribution in [2.24, 2.45) is 0 Å². The van der Waals surface area contributed by atoms with E-state index in [4.69, 9.17) is 9.72 Å². The Morgan fingerprint density at radius 2 is 1.82 bits per heavy atom. The molecule has 9 heteroatoms. The molecule has 0 bridgehead atoms. The monoisotopic (exact) mass is 445 g/mol. The molecule has 9 nitrogen and oxygen atoms in total. The summed E-state index contributed by atoms with van der Waals surface area (Å²) < 4.78 is 9.83. The quantitative estimate of drug-likeness (QED) is 0.246. The first-order chi connectivity index (χ1) is 15.9. The van der Waals surface area contributed by atoms with E-state index in [-0.39, 0.29) is 11.5 Å². The second-order valence-electron chi connectivity index (χ2n) is 7.61. The highest BCUT2D eigenvalue weighted by molar-refractivity contribution is 6.43. The lowest BCUT2D eigenvalue weighted by Crippen LogP contribution is -2.15. The van der Waals surface area contributed by atoms with Crippen molar-refractivity contribution < 1.29 is 19.1 Å². The molecule has 0 atom stereocenters. The number of nitrogens with zero attached hydrogens (tertiary/aromatic N) is 3. The molecular formula is C24H23N5O4. The fraction of sp³-hybridized carbons (Fsp3) is 0.208. The van der Waals surface area contributed by atoms with Gasteiger partial charge in [-0.2, -0.15) is 0 Å². The molecule has 0 saturated heterocycles. The summed E-state index contributed by atoms with van der Waals surface area (Å²) in [6.45, 7) is 4.09. The predicted octanol–water partition coefficient (Wildman–Crippen LogP) is 4.25. The summed E-state index contributed by atoms with van der Waals surface area (Å²) in [5.41, 5.74) is 2.94. The smallest absolute Gasteiger partial charge is 0.379 e. The summed E-state index contributed by atoms with van der Waals surface area (Å²) in [4.78, 5) is 40.9. The molecule has 4 aromatic rings. The van der Waals surface area contributed by atoms with Gasteiger partial charge in [0.25, 0.3) is 5.78 Å². The van der Waals surface area contributed by atoms with Crippen molar-refractivity contribution in [3.05, 3.63) is 60.0 Å².